The van der Waals surface area contributed by atoms with E-state index in [0.717, 1.165) is 25.7 Å². The average Bonchev–Trinajstić information content (AvgIpc) is 2.52. The van der Waals surface area contributed by atoms with Gasteiger partial charge in [0, 0.05) is 0 Å². The van der Waals surface area contributed by atoms with Gasteiger partial charge in [0.1, 0.15) is 0 Å². The summed E-state index contributed by atoms with van der Waals surface area (Å²) in [5.74, 6) is -0.176. The molecule has 0 amide bonds. The minimum Gasteiger partial charge on any atom is -0.457 e. The molecule has 22 heavy (non-hydrogen) atoms. The van der Waals surface area contributed by atoms with Crippen molar-refractivity contribution >= 4 is 11.9 Å². The lowest BCUT2D eigenvalue weighted by atomic mass is 9.85. The first kappa shape index (κ1) is 16.8. The van der Waals surface area contributed by atoms with E-state index in [9.17, 15) is 9.59 Å². The van der Waals surface area contributed by atoms with E-state index < -0.39 is 11.9 Å². The molecule has 0 spiro atoms. The van der Waals surface area contributed by atoms with Gasteiger partial charge in [-0.1, -0.05) is 38.2 Å². The smallest absolute Gasteiger partial charge is 0.417 e. The van der Waals surface area contributed by atoms with Gasteiger partial charge in [0.15, 0.2) is 0 Å². The van der Waals surface area contributed by atoms with Crippen molar-refractivity contribution in [3.05, 3.63) is 24.3 Å². The van der Waals surface area contributed by atoms with Crippen LogP contribution in [0.4, 0.5) is 0 Å². The van der Waals surface area contributed by atoms with Gasteiger partial charge >= 0.3 is 11.9 Å². The third-order valence-corrected chi connectivity index (χ3v) is 4.86. The van der Waals surface area contributed by atoms with Gasteiger partial charge in [-0.15, -0.1) is 0 Å². The Kier molecular flexibility index (Phi) is 6.22. The minimum atomic E-state index is -0.860. The van der Waals surface area contributed by atoms with Gasteiger partial charge in [0.2, 0.25) is 0 Å². The maximum Gasteiger partial charge on any atom is 0.417 e. The van der Waals surface area contributed by atoms with Crippen LogP contribution >= 0.6 is 0 Å². The van der Waals surface area contributed by atoms with Crippen molar-refractivity contribution in [1.29, 1.82) is 0 Å². The van der Waals surface area contributed by atoms with E-state index in [1.807, 2.05) is 0 Å². The molecule has 4 nitrogen and oxygen atoms in total. The van der Waals surface area contributed by atoms with Gasteiger partial charge < -0.3 is 9.47 Å². The molecule has 4 atom stereocenters. The molecule has 2 aliphatic rings. The normalized spacial score (nSPS) is 30.8. The lowest BCUT2D eigenvalue weighted by Gasteiger charge is -2.25. The Labute approximate surface area is 132 Å². The van der Waals surface area contributed by atoms with Crippen LogP contribution in [0.3, 0.4) is 0 Å². The Morgan fingerprint density at radius 1 is 0.773 bits per heavy atom. The standard InChI is InChI=1S/C18H26O4/c1-13-7-3-5-9-15(13)11-21-17(19)18(20)22-12-16-10-6-4-8-14(16)2/h3-6,13-16H,7-12H2,1-2H3. The van der Waals surface area contributed by atoms with E-state index in [0.29, 0.717) is 36.9 Å². The van der Waals surface area contributed by atoms with Crippen molar-refractivity contribution in [2.75, 3.05) is 13.2 Å². The summed E-state index contributed by atoms with van der Waals surface area (Å²) in [4.78, 5) is 23.4. The second kappa shape index (κ2) is 8.16. The molecule has 0 saturated carbocycles. The van der Waals surface area contributed by atoms with Gasteiger partial charge in [-0.3, -0.25) is 0 Å². The van der Waals surface area contributed by atoms with E-state index in [1.165, 1.54) is 0 Å². The predicted molar refractivity (Wildman–Crippen MR) is 84.0 cm³/mol. The zero-order valence-electron chi connectivity index (χ0n) is 13.5. The van der Waals surface area contributed by atoms with Crippen molar-refractivity contribution in [3.8, 4) is 0 Å². The fourth-order valence-corrected chi connectivity index (χ4v) is 2.96. The molecule has 0 aliphatic heterocycles. The van der Waals surface area contributed by atoms with Crippen molar-refractivity contribution in [2.45, 2.75) is 39.5 Å². The Morgan fingerprint density at radius 3 is 1.50 bits per heavy atom. The first-order valence-corrected chi connectivity index (χ1v) is 8.21. The molecule has 0 fully saturated rings. The highest BCUT2D eigenvalue weighted by Crippen LogP contribution is 2.26. The highest BCUT2D eigenvalue weighted by atomic mass is 16.6. The lowest BCUT2D eigenvalue weighted by molar-refractivity contribution is -0.169. The second-order valence-corrected chi connectivity index (χ2v) is 6.56. The zero-order chi connectivity index (χ0) is 15.9. The number of carbonyl (C=O) groups is 2. The summed E-state index contributed by atoms with van der Waals surface area (Å²) < 4.78 is 10.2. The van der Waals surface area contributed by atoms with E-state index in [1.54, 1.807) is 0 Å². The fourth-order valence-electron chi connectivity index (χ4n) is 2.96. The molecule has 0 bridgehead atoms. The molecular weight excluding hydrogens is 280 g/mol. The van der Waals surface area contributed by atoms with Crippen LogP contribution in [0.25, 0.3) is 0 Å². The number of esters is 2. The Bertz CT molecular complexity index is 410. The topological polar surface area (TPSA) is 52.6 Å². The molecule has 0 N–H and O–H groups in total. The van der Waals surface area contributed by atoms with Gasteiger partial charge in [0.05, 0.1) is 13.2 Å². The van der Waals surface area contributed by atoms with E-state index in [2.05, 4.69) is 38.2 Å². The molecule has 0 heterocycles. The van der Waals surface area contributed by atoms with Crippen LogP contribution in [0.2, 0.25) is 0 Å². The number of ether oxygens (including phenoxy) is 2. The molecule has 0 radical (unpaired) electrons. The van der Waals surface area contributed by atoms with Crippen LogP contribution in [0, 0.1) is 23.7 Å². The van der Waals surface area contributed by atoms with E-state index in [-0.39, 0.29) is 0 Å². The SMILES string of the molecule is CC1CC=CCC1COC(=O)C(=O)OCC1CC=CCC1C. The van der Waals surface area contributed by atoms with Crippen LogP contribution in [-0.2, 0) is 19.1 Å². The van der Waals surface area contributed by atoms with Crippen LogP contribution in [0.5, 0.6) is 0 Å². The molecule has 122 valence electrons. The highest BCUT2D eigenvalue weighted by Gasteiger charge is 2.25. The van der Waals surface area contributed by atoms with Crippen LogP contribution < -0.4 is 0 Å². The van der Waals surface area contributed by atoms with Gasteiger partial charge in [0.25, 0.3) is 0 Å². The number of hydrogen-bond donors (Lipinski definition) is 0. The lowest BCUT2D eigenvalue weighted by Crippen LogP contribution is -2.28. The van der Waals surface area contributed by atoms with Crippen molar-refractivity contribution in [2.24, 2.45) is 23.7 Å². The summed E-state index contributed by atoms with van der Waals surface area (Å²) in [5.41, 5.74) is 0. The molecule has 0 saturated heterocycles. The summed E-state index contributed by atoms with van der Waals surface area (Å²) in [5, 5.41) is 0. The molecule has 0 aromatic heterocycles. The molecule has 2 rings (SSSR count). The van der Waals surface area contributed by atoms with Gasteiger partial charge in [-0.2, -0.15) is 0 Å². The number of hydrogen-bond acceptors (Lipinski definition) is 4. The molecule has 0 aromatic rings. The summed E-state index contributed by atoms with van der Waals surface area (Å²) in [6, 6.07) is 0. The summed E-state index contributed by atoms with van der Waals surface area (Å²) in [6.45, 7) is 4.86. The quantitative estimate of drug-likeness (QED) is 0.454. The van der Waals surface area contributed by atoms with Crippen LogP contribution in [-0.4, -0.2) is 25.2 Å². The molecule has 4 heteroatoms. The first-order chi connectivity index (χ1) is 10.6. The molecule has 2 aliphatic carbocycles. The Balaban J connectivity index is 1.69. The molecule has 4 unspecified atom stereocenters. The Hall–Kier alpha value is -1.58. The second-order valence-electron chi connectivity index (χ2n) is 6.56. The maximum absolute atomic E-state index is 11.7. The largest absolute Gasteiger partial charge is 0.457 e. The zero-order valence-corrected chi connectivity index (χ0v) is 13.5. The summed E-state index contributed by atoms with van der Waals surface area (Å²) in [7, 11) is 0. The van der Waals surface area contributed by atoms with Crippen LogP contribution in [0.1, 0.15) is 39.5 Å². The fraction of sp³-hybridized carbons (Fsp3) is 0.667. The predicted octanol–water partition coefficient (Wildman–Crippen LogP) is 3.28. The van der Waals surface area contributed by atoms with Gasteiger partial charge in [-0.05, 0) is 49.4 Å². The van der Waals surface area contributed by atoms with E-state index in [4.69, 9.17) is 9.47 Å². The summed E-state index contributed by atoms with van der Waals surface area (Å²) >= 11 is 0. The minimum absolute atomic E-state index is 0.294. The summed E-state index contributed by atoms with van der Waals surface area (Å²) in [6.07, 6.45) is 12.3. The third kappa shape index (κ3) is 4.72. The molecule has 0 aromatic carbocycles. The monoisotopic (exact) mass is 306 g/mol. The third-order valence-electron chi connectivity index (χ3n) is 4.86. The Morgan fingerprint density at radius 2 is 1.14 bits per heavy atom. The van der Waals surface area contributed by atoms with Gasteiger partial charge in [-0.25, -0.2) is 9.59 Å². The van der Waals surface area contributed by atoms with Crippen molar-refractivity contribution < 1.29 is 19.1 Å². The number of rotatable bonds is 4. The van der Waals surface area contributed by atoms with Crippen molar-refractivity contribution in [1.82, 2.24) is 0 Å². The average molecular weight is 306 g/mol. The van der Waals surface area contributed by atoms with Crippen LogP contribution in [0.15, 0.2) is 24.3 Å². The number of carbonyl (C=O) groups excluding carboxylic acids is 2. The van der Waals surface area contributed by atoms with E-state index >= 15 is 0 Å². The first-order valence-electron chi connectivity index (χ1n) is 8.21. The number of allylic oxidation sites excluding steroid dienone is 4. The highest BCUT2D eigenvalue weighted by molar-refractivity contribution is 6.29. The van der Waals surface area contributed by atoms with Crippen molar-refractivity contribution in [3.63, 3.8) is 0 Å². The molecular formula is C18H26O4. The maximum atomic E-state index is 11.7.